The molecule has 2 aromatic rings. The molecule has 2 heterocycles. The third kappa shape index (κ3) is 2.23. The van der Waals surface area contributed by atoms with E-state index in [-0.39, 0.29) is 12.0 Å². The van der Waals surface area contributed by atoms with Gasteiger partial charge in [-0.15, -0.1) is 11.3 Å². The molecule has 1 saturated carbocycles. The quantitative estimate of drug-likeness (QED) is 0.884. The molecule has 3 rings (SSSR count). The van der Waals surface area contributed by atoms with E-state index in [1.54, 1.807) is 24.3 Å². The van der Waals surface area contributed by atoms with Crippen LogP contribution in [0.4, 0.5) is 5.69 Å². The molecule has 106 valence electrons. The lowest BCUT2D eigenvalue weighted by Crippen LogP contribution is -2.39. The van der Waals surface area contributed by atoms with Gasteiger partial charge in [0.15, 0.2) is 0 Å². The van der Waals surface area contributed by atoms with Crippen molar-refractivity contribution in [3.8, 4) is 0 Å². The van der Waals surface area contributed by atoms with Gasteiger partial charge in [0, 0.05) is 26.0 Å². The molecule has 0 atom stereocenters. The Kier molecular flexibility index (Phi) is 3.31. The van der Waals surface area contributed by atoms with Gasteiger partial charge in [0.2, 0.25) is 0 Å². The van der Waals surface area contributed by atoms with Crippen molar-refractivity contribution in [2.45, 2.75) is 18.9 Å². The van der Waals surface area contributed by atoms with Gasteiger partial charge in [-0.2, -0.15) is 0 Å². The van der Waals surface area contributed by atoms with E-state index >= 15 is 0 Å². The zero-order valence-electron chi connectivity index (χ0n) is 11.1. The van der Waals surface area contributed by atoms with Gasteiger partial charge in [0.05, 0.1) is 11.8 Å². The Labute approximate surface area is 120 Å². The highest BCUT2D eigenvalue weighted by Gasteiger charge is 2.30. The van der Waals surface area contributed by atoms with Gasteiger partial charge in [-0.3, -0.25) is 4.79 Å². The molecule has 0 aromatic carbocycles. The lowest BCUT2D eigenvalue weighted by molar-refractivity contribution is 0.0267. The molecular formula is C13H16N4O2S. The lowest BCUT2D eigenvalue weighted by Gasteiger charge is -2.34. The van der Waals surface area contributed by atoms with Crippen LogP contribution in [-0.4, -0.2) is 45.6 Å². The molecule has 1 fully saturated rings. The van der Waals surface area contributed by atoms with Crippen molar-refractivity contribution >= 4 is 33.3 Å². The van der Waals surface area contributed by atoms with Crippen molar-refractivity contribution in [1.82, 2.24) is 14.9 Å². The number of hydrogen-bond acceptors (Lipinski definition) is 6. The van der Waals surface area contributed by atoms with Crippen LogP contribution in [0.3, 0.4) is 0 Å². The topological polar surface area (TPSA) is 92.3 Å². The second kappa shape index (κ2) is 4.99. The monoisotopic (exact) mass is 292 g/mol. The molecule has 6 nitrogen and oxygen atoms in total. The number of carbonyl (C=O) groups is 1. The normalized spacial score (nSPS) is 21.7. The molecule has 2 aromatic heterocycles. The van der Waals surface area contributed by atoms with Gasteiger partial charge in [0.1, 0.15) is 15.2 Å². The van der Waals surface area contributed by atoms with Crippen LogP contribution in [0, 0.1) is 5.92 Å². The van der Waals surface area contributed by atoms with E-state index in [1.807, 2.05) is 0 Å². The van der Waals surface area contributed by atoms with Crippen molar-refractivity contribution in [2.24, 2.45) is 5.92 Å². The van der Waals surface area contributed by atoms with Crippen LogP contribution in [-0.2, 0) is 0 Å². The summed E-state index contributed by atoms with van der Waals surface area (Å²) in [6, 6.07) is 0. The van der Waals surface area contributed by atoms with Crippen molar-refractivity contribution in [2.75, 3.05) is 19.3 Å². The average molecular weight is 292 g/mol. The van der Waals surface area contributed by atoms with E-state index in [4.69, 9.17) is 5.73 Å². The number of nitrogen functional groups attached to an aromatic ring is 1. The van der Waals surface area contributed by atoms with Crippen LogP contribution in [0.1, 0.15) is 22.5 Å². The van der Waals surface area contributed by atoms with Crippen molar-refractivity contribution in [3.05, 3.63) is 17.3 Å². The van der Waals surface area contributed by atoms with E-state index < -0.39 is 0 Å². The number of rotatable bonds is 3. The number of carbonyl (C=O) groups excluding carboxylic acids is 1. The van der Waals surface area contributed by atoms with Crippen LogP contribution >= 0.6 is 11.3 Å². The van der Waals surface area contributed by atoms with Gasteiger partial charge in [0.25, 0.3) is 5.91 Å². The molecular weight excluding hydrogens is 276 g/mol. The number of aromatic nitrogens is 2. The number of aliphatic hydroxyl groups excluding tert-OH is 1. The third-order valence-corrected chi connectivity index (χ3v) is 4.74. The molecule has 7 heteroatoms. The summed E-state index contributed by atoms with van der Waals surface area (Å²) >= 11 is 1.27. The molecule has 0 bridgehead atoms. The van der Waals surface area contributed by atoms with Gasteiger partial charge in [-0.25, -0.2) is 9.97 Å². The summed E-state index contributed by atoms with van der Waals surface area (Å²) in [4.78, 5) is 23.6. The molecule has 0 unspecified atom stereocenters. The maximum absolute atomic E-state index is 12.4. The first-order valence-electron chi connectivity index (χ1n) is 6.48. The summed E-state index contributed by atoms with van der Waals surface area (Å²) in [6.07, 6.45) is 4.49. The first-order chi connectivity index (χ1) is 9.56. The van der Waals surface area contributed by atoms with Gasteiger partial charge in [-0.1, -0.05) is 0 Å². The smallest absolute Gasteiger partial charge is 0.265 e. The second-order valence-electron chi connectivity index (χ2n) is 5.23. The highest BCUT2D eigenvalue weighted by molar-refractivity contribution is 7.21. The van der Waals surface area contributed by atoms with E-state index in [0.29, 0.717) is 33.4 Å². The summed E-state index contributed by atoms with van der Waals surface area (Å²) in [6.45, 7) is 0.643. The number of nitrogens with zero attached hydrogens (tertiary/aromatic N) is 3. The zero-order chi connectivity index (χ0) is 14.3. The van der Waals surface area contributed by atoms with Crippen molar-refractivity contribution in [3.63, 3.8) is 0 Å². The number of anilines is 1. The molecule has 20 heavy (non-hydrogen) atoms. The summed E-state index contributed by atoms with van der Waals surface area (Å²) in [5.41, 5.74) is 6.99. The van der Waals surface area contributed by atoms with Crippen LogP contribution in [0.15, 0.2) is 12.4 Å². The third-order valence-electron chi connectivity index (χ3n) is 3.65. The Bertz CT molecular complexity index is 651. The van der Waals surface area contributed by atoms with Crippen LogP contribution < -0.4 is 5.73 Å². The highest BCUT2D eigenvalue weighted by Crippen LogP contribution is 2.32. The molecule has 0 aliphatic heterocycles. The fraction of sp³-hybridized carbons (Fsp3) is 0.462. The zero-order valence-corrected chi connectivity index (χ0v) is 11.9. The van der Waals surface area contributed by atoms with Crippen molar-refractivity contribution < 1.29 is 9.90 Å². The molecule has 0 radical (unpaired) electrons. The lowest BCUT2D eigenvalue weighted by atomic mass is 9.82. The molecule has 1 aliphatic rings. The van der Waals surface area contributed by atoms with Gasteiger partial charge in [-0.05, 0) is 18.8 Å². The van der Waals surface area contributed by atoms with Crippen LogP contribution in [0.2, 0.25) is 0 Å². The minimum atomic E-state index is -0.203. The number of amides is 1. The number of fused-ring (bicyclic) bond motifs is 1. The van der Waals surface area contributed by atoms with E-state index in [1.165, 1.54) is 11.3 Å². The highest BCUT2D eigenvalue weighted by atomic mass is 32.1. The number of hydrogen-bond donors (Lipinski definition) is 2. The number of aliphatic hydroxyl groups is 1. The Morgan fingerprint density at radius 1 is 1.50 bits per heavy atom. The van der Waals surface area contributed by atoms with Crippen LogP contribution in [0.25, 0.3) is 10.3 Å². The van der Waals surface area contributed by atoms with Crippen LogP contribution in [0.5, 0.6) is 0 Å². The summed E-state index contributed by atoms with van der Waals surface area (Å²) < 4.78 is 0. The van der Waals surface area contributed by atoms with Gasteiger partial charge >= 0.3 is 0 Å². The molecule has 0 spiro atoms. The minimum absolute atomic E-state index is 0.103. The number of nitrogens with two attached hydrogens (primary N) is 1. The number of thiophene rings is 1. The predicted molar refractivity (Wildman–Crippen MR) is 77.5 cm³/mol. The van der Waals surface area contributed by atoms with E-state index in [9.17, 15) is 9.90 Å². The SMILES string of the molecule is CN(CC1CC(O)C1)C(=O)c1sc2nccnc2c1N. The summed E-state index contributed by atoms with van der Waals surface area (Å²) in [5, 5.41) is 9.29. The van der Waals surface area contributed by atoms with E-state index in [0.717, 1.165) is 12.8 Å². The molecule has 3 N–H and O–H groups in total. The molecule has 1 aliphatic carbocycles. The molecule has 0 saturated heterocycles. The fourth-order valence-electron chi connectivity index (χ4n) is 2.50. The standard InChI is InChI=1S/C13H16N4O2S/c1-17(6-7-4-8(18)5-7)13(19)11-9(14)10-12(20-11)16-3-2-15-10/h2-3,7-8,18H,4-6,14H2,1H3. The minimum Gasteiger partial charge on any atom is -0.396 e. The van der Waals surface area contributed by atoms with Crippen molar-refractivity contribution in [1.29, 1.82) is 0 Å². The maximum Gasteiger partial charge on any atom is 0.265 e. The van der Waals surface area contributed by atoms with Gasteiger partial charge < -0.3 is 15.7 Å². The average Bonchev–Trinajstić information content (AvgIpc) is 2.74. The second-order valence-corrected chi connectivity index (χ2v) is 6.23. The Morgan fingerprint density at radius 3 is 2.85 bits per heavy atom. The first kappa shape index (κ1) is 13.3. The summed E-state index contributed by atoms with van der Waals surface area (Å²) in [7, 11) is 1.76. The maximum atomic E-state index is 12.4. The first-order valence-corrected chi connectivity index (χ1v) is 7.30. The predicted octanol–water partition coefficient (Wildman–Crippen LogP) is 1.12. The van der Waals surface area contributed by atoms with E-state index in [2.05, 4.69) is 9.97 Å². The Hall–Kier alpha value is -1.73. The largest absolute Gasteiger partial charge is 0.396 e. The molecule has 1 amide bonds. The Balaban J connectivity index is 1.79. The summed E-state index contributed by atoms with van der Waals surface area (Å²) in [5.74, 6) is 0.277. The fourth-order valence-corrected chi connectivity index (χ4v) is 3.51. The Morgan fingerprint density at radius 2 is 2.20 bits per heavy atom.